The third kappa shape index (κ3) is 3.32. The monoisotopic (exact) mass is 197 g/mol. The maximum absolute atomic E-state index is 3.90. The van der Waals surface area contributed by atoms with Gasteiger partial charge in [-0.25, -0.2) is 4.68 Å². The number of rotatable bonds is 7. The van der Waals surface area contributed by atoms with Gasteiger partial charge in [-0.05, 0) is 16.8 Å². The Morgan fingerprint density at radius 2 is 2.00 bits per heavy atom. The van der Waals surface area contributed by atoms with Crippen LogP contribution in [-0.4, -0.2) is 27.3 Å². The van der Waals surface area contributed by atoms with Gasteiger partial charge in [0.25, 0.3) is 0 Å². The molecule has 1 heterocycles. The van der Waals surface area contributed by atoms with E-state index in [1.54, 1.807) is 0 Å². The number of nitrogens with zero attached hydrogens (tertiary/aromatic N) is 4. The molecular formula is C9H19N5. The first kappa shape index (κ1) is 10.9. The molecule has 5 heteroatoms. The first-order valence-electron chi connectivity index (χ1n) is 5.32. The quantitative estimate of drug-likeness (QED) is 0.676. The molecular weight excluding hydrogens is 178 g/mol. The summed E-state index contributed by atoms with van der Waals surface area (Å²) in [5.74, 6) is 0.750. The molecule has 0 atom stereocenters. The number of hydrogen-bond donors (Lipinski definition) is 1. The normalized spacial score (nSPS) is 10.4. The lowest BCUT2D eigenvalue weighted by Gasteiger charge is -2.02. The van der Waals surface area contributed by atoms with E-state index < -0.39 is 0 Å². The Morgan fingerprint density at radius 1 is 1.21 bits per heavy atom. The van der Waals surface area contributed by atoms with E-state index in [9.17, 15) is 0 Å². The van der Waals surface area contributed by atoms with Crippen molar-refractivity contribution in [2.75, 3.05) is 12.4 Å². The van der Waals surface area contributed by atoms with E-state index in [0.29, 0.717) is 0 Å². The summed E-state index contributed by atoms with van der Waals surface area (Å²) in [5, 5.41) is 14.3. The van der Waals surface area contributed by atoms with E-state index in [-0.39, 0.29) is 0 Å². The van der Waals surface area contributed by atoms with Crippen LogP contribution < -0.4 is 5.32 Å². The minimum absolute atomic E-state index is 0.750. The van der Waals surface area contributed by atoms with Crippen LogP contribution in [0.4, 0.5) is 5.95 Å². The minimum Gasteiger partial charge on any atom is -0.356 e. The van der Waals surface area contributed by atoms with Crippen LogP contribution in [0.5, 0.6) is 0 Å². The summed E-state index contributed by atoms with van der Waals surface area (Å²) in [5.41, 5.74) is 0. The Labute approximate surface area is 84.9 Å². The van der Waals surface area contributed by atoms with Crippen molar-refractivity contribution in [2.24, 2.45) is 0 Å². The number of hydrogen-bond acceptors (Lipinski definition) is 4. The molecule has 0 radical (unpaired) electrons. The maximum atomic E-state index is 3.90. The first-order chi connectivity index (χ1) is 6.88. The molecule has 0 bridgehead atoms. The molecule has 0 amide bonds. The van der Waals surface area contributed by atoms with E-state index in [1.165, 1.54) is 25.7 Å². The highest BCUT2D eigenvalue weighted by atomic mass is 15.6. The van der Waals surface area contributed by atoms with Crippen molar-refractivity contribution >= 4 is 5.95 Å². The molecule has 0 saturated heterocycles. The van der Waals surface area contributed by atoms with Gasteiger partial charge in [-0.3, -0.25) is 0 Å². The van der Waals surface area contributed by atoms with Crippen LogP contribution in [0.15, 0.2) is 0 Å². The van der Waals surface area contributed by atoms with Crippen molar-refractivity contribution in [3.63, 3.8) is 0 Å². The molecule has 0 saturated carbocycles. The van der Waals surface area contributed by atoms with Crippen LogP contribution in [0.25, 0.3) is 0 Å². The Bertz CT molecular complexity index is 245. The number of aryl methyl sites for hydroxylation is 1. The molecule has 0 unspecified atom stereocenters. The van der Waals surface area contributed by atoms with Crippen LogP contribution >= 0.6 is 0 Å². The van der Waals surface area contributed by atoms with Crippen molar-refractivity contribution in [1.82, 2.24) is 20.2 Å². The second-order valence-electron chi connectivity index (χ2n) is 3.39. The molecule has 0 aliphatic carbocycles. The summed E-state index contributed by atoms with van der Waals surface area (Å²) in [6.45, 7) is 3.13. The fourth-order valence-electron chi connectivity index (χ4n) is 1.40. The summed E-state index contributed by atoms with van der Waals surface area (Å²) < 4.78 is 1.81. The van der Waals surface area contributed by atoms with Gasteiger partial charge in [0.05, 0.1) is 0 Å². The van der Waals surface area contributed by atoms with E-state index in [2.05, 4.69) is 27.8 Å². The van der Waals surface area contributed by atoms with Crippen molar-refractivity contribution in [3.05, 3.63) is 0 Å². The summed E-state index contributed by atoms with van der Waals surface area (Å²) >= 11 is 0. The fourth-order valence-corrected chi connectivity index (χ4v) is 1.40. The van der Waals surface area contributed by atoms with E-state index in [1.807, 2.05) is 11.7 Å². The van der Waals surface area contributed by atoms with Gasteiger partial charge in [0.2, 0.25) is 5.95 Å². The molecule has 14 heavy (non-hydrogen) atoms. The van der Waals surface area contributed by atoms with Gasteiger partial charge in [-0.1, -0.05) is 37.7 Å². The third-order valence-corrected chi connectivity index (χ3v) is 2.23. The van der Waals surface area contributed by atoms with E-state index in [0.717, 1.165) is 18.9 Å². The third-order valence-electron chi connectivity index (χ3n) is 2.23. The van der Waals surface area contributed by atoms with Crippen LogP contribution in [0.3, 0.4) is 0 Å². The predicted octanol–water partition coefficient (Wildman–Crippen LogP) is 1.69. The maximum Gasteiger partial charge on any atom is 0.242 e. The van der Waals surface area contributed by atoms with Crippen molar-refractivity contribution in [1.29, 1.82) is 0 Å². The fraction of sp³-hybridized carbons (Fsp3) is 0.889. The number of unbranched alkanes of at least 4 members (excludes halogenated alkanes) is 4. The number of nitrogens with one attached hydrogen (secondary N) is 1. The number of anilines is 1. The molecule has 1 rings (SSSR count). The SMILES string of the molecule is CCCCCCCn1nnnc1NC. The van der Waals surface area contributed by atoms with Gasteiger partial charge in [-0.15, -0.1) is 0 Å². The largest absolute Gasteiger partial charge is 0.356 e. The Kier molecular flexibility index (Phi) is 4.96. The Balaban J connectivity index is 2.17. The average Bonchev–Trinajstić information content (AvgIpc) is 2.65. The first-order valence-corrected chi connectivity index (χ1v) is 5.32. The second kappa shape index (κ2) is 6.34. The highest BCUT2D eigenvalue weighted by Crippen LogP contribution is 2.05. The molecule has 5 nitrogen and oxygen atoms in total. The average molecular weight is 197 g/mol. The van der Waals surface area contributed by atoms with Gasteiger partial charge in [0.1, 0.15) is 0 Å². The predicted molar refractivity (Wildman–Crippen MR) is 56.1 cm³/mol. The zero-order valence-corrected chi connectivity index (χ0v) is 9.03. The Morgan fingerprint density at radius 3 is 2.71 bits per heavy atom. The molecule has 0 fully saturated rings. The summed E-state index contributed by atoms with van der Waals surface area (Å²) in [6, 6.07) is 0. The molecule has 80 valence electrons. The molecule has 0 aromatic carbocycles. The van der Waals surface area contributed by atoms with Gasteiger partial charge in [-0.2, -0.15) is 0 Å². The van der Waals surface area contributed by atoms with Gasteiger partial charge < -0.3 is 5.32 Å². The standard InChI is InChI=1S/C9H19N5/c1-3-4-5-6-7-8-14-9(10-2)11-12-13-14/h3-8H2,1-2H3,(H,10,11,13). The Hall–Kier alpha value is -1.13. The van der Waals surface area contributed by atoms with Gasteiger partial charge in [0, 0.05) is 13.6 Å². The van der Waals surface area contributed by atoms with E-state index in [4.69, 9.17) is 0 Å². The summed E-state index contributed by atoms with van der Waals surface area (Å²) in [7, 11) is 1.83. The van der Waals surface area contributed by atoms with Gasteiger partial charge >= 0.3 is 0 Å². The molecule has 1 N–H and O–H groups in total. The molecule has 1 aromatic rings. The molecule has 0 spiro atoms. The lowest BCUT2D eigenvalue weighted by atomic mass is 10.1. The lowest BCUT2D eigenvalue weighted by Crippen LogP contribution is -2.05. The van der Waals surface area contributed by atoms with Gasteiger partial charge in [0.15, 0.2) is 0 Å². The van der Waals surface area contributed by atoms with Crippen molar-refractivity contribution in [2.45, 2.75) is 45.6 Å². The van der Waals surface area contributed by atoms with Crippen molar-refractivity contribution < 1.29 is 0 Å². The minimum atomic E-state index is 0.750. The summed E-state index contributed by atoms with van der Waals surface area (Å²) in [4.78, 5) is 0. The van der Waals surface area contributed by atoms with Crippen molar-refractivity contribution in [3.8, 4) is 0 Å². The topological polar surface area (TPSA) is 55.6 Å². The van der Waals surface area contributed by atoms with Crippen LogP contribution in [0, 0.1) is 0 Å². The molecule has 1 aromatic heterocycles. The molecule has 0 aliphatic rings. The highest BCUT2D eigenvalue weighted by Gasteiger charge is 2.01. The van der Waals surface area contributed by atoms with Crippen LogP contribution in [-0.2, 0) is 6.54 Å². The second-order valence-corrected chi connectivity index (χ2v) is 3.39. The lowest BCUT2D eigenvalue weighted by molar-refractivity contribution is 0.525. The highest BCUT2D eigenvalue weighted by molar-refractivity contribution is 5.18. The van der Waals surface area contributed by atoms with Crippen LogP contribution in [0.1, 0.15) is 39.0 Å². The smallest absolute Gasteiger partial charge is 0.242 e. The van der Waals surface area contributed by atoms with Crippen LogP contribution in [0.2, 0.25) is 0 Å². The molecule has 0 aliphatic heterocycles. The number of aromatic nitrogens is 4. The zero-order valence-electron chi connectivity index (χ0n) is 9.03. The zero-order chi connectivity index (χ0) is 10.2. The van der Waals surface area contributed by atoms with E-state index >= 15 is 0 Å². The number of tetrazole rings is 1. The summed E-state index contributed by atoms with van der Waals surface area (Å²) in [6.07, 6.45) is 6.34.